The molecular weight excluding hydrogens is 180 g/mol. The lowest BCUT2D eigenvalue weighted by Crippen LogP contribution is -1.86. The van der Waals surface area contributed by atoms with E-state index in [1.54, 1.807) is 0 Å². The predicted octanol–water partition coefficient (Wildman–Crippen LogP) is 3.47. The summed E-state index contributed by atoms with van der Waals surface area (Å²) in [5.41, 5.74) is 5.27. The van der Waals surface area contributed by atoms with Crippen molar-refractivity contribution >= 4 is 5.57 Å². The van der Waals surface area contributed by atoms with Gasteiger partial charge in [-0.15, -0.1) is 0 Å². The molecule has 0 aromatic heterocycles. The average Bonchev–Trinajstić information content (AvgIpc) is 2.74. The number of allylic oxidation sites excluding steroid dienone is 1. The summed E-state index contributed by atoms with van der Waals surface area (Å²) in [7, 11) is 0. The van der Waals surface area contributed by atoms with Crippen LogP contribution in [0.5, 0.6) is 0 Å². The van der Waals surface area contributed by atoms with E-state index in [0.29, 0.717) is 0 Å². The maximum atomic E-state index is 3.33. The lowest BCUT2D eigenvalue weighted by atomic mass is 9.99. The van der Waals surface area contributed by atoms with Crippen LogP contribution in [0.1, 0.15) is 16.7 Å². The summed E-state index contributed by atoms with van der Waals surface area (Å²) >= 11 is 0. The Labute approximate surface area is 89.9 Å². The molecule has 0 unspecified atom stereocenters. The third kappa shape index (κ3) is 1.39. The zero-order valence-corrected chi connectivity index (χ0v) is 8.40. The first kappa shape index (κ1) is 8.49. The van der Waals surface area contributed by atoms with Gasteiger partial charge in [0.05, 0.1) is 0 Å². The average molecular weight is 191 g/mol. The van der Waals surface area contributed by atoms with Gasteiger partial charge in [0.15, 0.2) is 0 Å². The predicted molar refractivity (Wildman–Crippen MR) is 62.5 cm³/mol. The van der Waals surface area contributed by atoms with E-state index in [0.717, 1.165) is 6.42 Å². The van der Waals surface area contributed by atoms with Gasteiger partial charge >= 0.3 is 0 Å². The number of fused-ring (bicyclic) bond motifs is 1. The van der Waals surface area contributed by atoms with Crippen LogP contribution in [0.25, 0.3) is 5.57 Å². The molecule has 0 heteroatoms. The second kappa shape index (κ2) is 3.39. The van der Waals surface area contributed by atoms with Gasteiger partial charge in [0.25, 0.3) is 0 Å². The van der Waals surface area contributed by atoms with Crippen LogP contribution >= 0.6 is 0 Å². The van der Waals surface area contributed by atoms with E-state index >= 15 is 0 Å². The van der Waals surface area contributed by atoms with E-state index in [2.05, 4.69) is 54.6 Å². The van der Waals surface area contributed by atoms with Crippen molar-refractivity contribution < 1.29 is 0 Å². The lowest BCUT2D eigenvalue weighted by Gasteiger charge is -2.04. The van der Waals surface area contributed by atoms with Gasteiger partial charge in [-0.05, 0) is 34.8 Å². The highest BCUT2D eigenvalue weighted by atomic mass is 14.2. The molecule has 0 amide bonds. The fraction of sp³-hybridized carbons (Fsp3) is 0.0667. The molecule has 0 N–H and O–H groups in total. The molecule has 0 spiro atoms. The van der Waals surface area contributed by atoms with Gasteiger partial charge in [0.1, 0.15) is 0 Å². The van der Waals surface area contributed by atoms with Gasteiger partial charge < -0.3 is 0 Å². The Balaban J connectivity index is 2.11. The first-order valence-corrected chi connectivity index (χ1v) is 5.21. The van der Waals surface area contributed by atoms with Crippen LogP contribution in [0.2, 0.25) is 0 Å². The van der Waals surface area contributed by atoms with Crippen LogP contribution in [-0.2, 0) is 6.42 Å². The van der Waals surface area contributed by atoms with E-state index in [4.69, 9.17) is 0 Å². The fourth-order valence-corrected chi connectivity index (χ4v) is 2.09. The summed E-state index contributed by atoms with van der Waals surface area (Å²) in [6, 6.07) is 20.1. The summed E-state index contributed by atoms with van der Waals surface area (Å²) in [4.78, 5) is 0. The first-order chi connectivity index (χ1) is 7.45. The highest BCUT2D eigenvalue weighted by molar-refractivity contribution is 5.84. The maximum absolute atomic E-state index is 3.33. The molecule has 0 aliphatic heterocycles. The van der Waals surface area contributed by atoms with Crippen molar-refractivity contribution in [3.63, 3.8) is 0 Å². The summed E-state index contributed by atoms with van der Waals surface area (Å²) in [6.45, 7) is 0. The van der Waals surface area contributed by atoms with Gasteiger partial charge in [0.2, 0.25) is 0 Å². The molecule has 1 aliphatic carbocycles. The maximum Gasteiger partial charge on any atom is -0.00670 e. The SMILES string of the molecule is [c]1cccc2c1C(c1ccccc1)=CC2. The van der Waals surface area contributed by atoms with Gasteiger partial charge in [-0.2, -0.15) is 0 Å². The minimum Gasteiger partial charge on any atom is -0.0716 e. The zero-order chi connectivity index (χ0) is 10.1. The molecule has 1 aliphatic rings. The van der Waals surface area contributed by atoms with Crippen LogP contribution in [0.4, 0.5) is 0 Å². The van der Waals surface area contributed by atoms with E-state index in [1.165, 1.54) is 22.3 Å². The summed E-state index contributed by atoms with van der Waals surface area (Å²) in [5, 5.41) is 0. The van der Waals surface area contributed by atoms with Gasteiger partial charge in [-0.1, -0.05) is 54.6 Å². The van der Waals surface area contributed by atoms with E-state index < -0.39 is 0 Å². The number of rotatable bonds is 1. The molecule has 1 radical (unpaired) electrons. The topological polar surface area (TPSA) is 0 Å². The molecule has 0 atom stereocenters. The van der Waals surface area contributed by atoms with Crippen molar-refractivity contribution in [2.45, 2.75) is 6.42 Å². The largest absolute Gasteiger partial charge is 0.0716 e. The van der Waals surface area contributed by atoms with Crippen LogP contribution in [0.15, 0.2) is 54.6 Å². The Hall–Kier alpha value is -1.82. The molecular formula is C15H11. The molecule has 2 aromatic rings. The first-order valence-electron chi connectivity index (χ1n) is 5.21. The second-order valence-corrected chi connectivity index (χ2v) is 3.76. The highest BCUT2D eigenvalue weighted by Gasteiger charge is 2.14. The van der Waals surface area contributed by atoms with Gasteiger partial charge in [0, 0.05) is 0 Å². The van der Waals surface area contributed by atoms with Crippen molar-refractivity contribution in [1.82, 2.24) is 0 Å². The third-order valence-electron chi connectivity index (χ3n) is 2.82. The van der Waals surface area contributed by atoms with Crippen LogP contribution in [0, 0.1) is 6.07 Å². The Bertz CT molecular complexity index is 507. The van der Waals surface area contributed by atoms with E-state index in [9.17, 15) is 0 Å². The van der Waals surface area contributed by atoms with Crippen LogP contribution in [0.3, 0.4) is 0 Å². The Kier molecular flexibility index (Phi) is 1.92. The quantitative estimate of drug-likeness (QED) is 0.647. The summed E-state index contributed by atoms with van der Waals surface area (Å²) < 4.78 is 0. The molecule has 0 saturated carbocycles. The third-order valence-corrected chi connectivity index (χ3v) is 2.82. The minimum atomic E-state index is 1.04. The van der Waals surface area contributed by atoms with Crippen LogP contribution < -0.4 is 0 Å². The highest BCUT2D eigenvalue weighted by Crippen LogP contribution is 2.31. The molecule has 3 rings (SSSR count). The minimum absolute atomic E-state index is 1.04. The molecule has 71 valence electrons. The van der Waals surface area contributed by atoms with Gasteiger partial charge in [-0.3, -0.25) is 0 Å². The lowest BCUT2D eigenvalue weighted by molar-refractivity contribution is 1.31. The van der Waals surface area contributed by atoms with Crippen molar-refractivity contribution in [3.05, 3.63) is 77.4 Å². The van der Waals surface area contributed by atoms with E-state index in [-0.39, 0.29) is 0 Å². The molecule has 0 fully saturated rings. The number of hydrogen-bond donors (Lipinski definition) is 0. The molecule has 15 heavy (non-hydrogen) atoms. The van der Waals surface area contributed by atoms with Crippen molar-refractivity contribution in [1.29, 1.82) is 0 Å². The van der Waals surface area contributed by atoms with Crippen molar-refractivity contribution in [2.75, 3.05) is 0 Å². The monoisotopic (exact) mass is 191 g/mol. The molecule has 0 bridgehead atoms. The summed E-state index contributed by atoms with van der Waals surface area (Å²) in [5.74, 6) is 0. The molecule has 2 aromatic carbocycles. The number of benzene rings is 2. The Morgan fingerprint density at radius 2 is 1.80 bits per heavy atom. The van der Waals surface area contributed by atoms with Crippen molar-refractivity contribution in [2.24, 2.45) is 0 Å². The number of hydrogen-bond acceptors (Lipinski definition) is 0. The smallest absolute Gasteiger partial charge is 0.00670 e. The van der Waals surface area contributed by atoms with E-state index in [1.807, 2.05) is 6.07 Å². The summed E-state index contributed by atoms with van der Waals surface area (Å²) in [6.07, 6.45) is 3.33. The Morgan fingerprint density at radius 3 is 2.67 bits per heavy atom. The molecule has 0 saturated heterocycles. The van der Waals surface area contributed by atoms with Crippen molar-refractivity contribution in [3.8, 4) is 0 Å². The normalized spacial score (nSPS) is 13.5. The molecule has 0 nitrogen and oxygen atoms in total. The standard InChI is InChI=1S/C15H11/c1-2-6-12(7-3-1)15-11-10-13-8-4-5-9-14(13)15/h1-8,11H,10H2. The zero-order valence-electron chi connectivity index (χ0n) is 8.40. The fourth-order valence-electron chi connectivity index (χ4n) is 2.09. The molecule has 0 heterocycles. The van der Waals surface area contributed by atoms with Crippen LogP contribution in [-0.4, -0.2) is 0 Å². The Morgan fingerprint density at radius 1 is 0.933 bits per heavy atom. The second-order valence-electron chi connectivity index (χ2n) is 3.76. The van der Waals surface area contributed by atoms with Gasteiger partial charge in [-0.25, -0.2) is 0 Å².